The summed E-state index contributed by atoms with van der Waals surface area (Å²) in [5, 5.41) is 12.2. The molecule has 184 valence electrons. The summed E-state index contributed by atoms with van der Waals surface area (Å²) in [4.78, 5) is 39.0. The van der Waals surface area contributed by atoms with Gasteiger partial charge in [0.15, 0.2) is 0 Å². The summed E-state index contributed by atoms with van der Waals surface area (Å²) in [7, 11) is 0. The number of alkyl carbamates (subject to hydrolysis) is 1. The van der Waals surface area contributed by atoms with Crippen LogP contribution in [0, 0.1) is 10.8 Å². The molecule has 2 aromatic carbocycles. The molecule has 0 saturated heterocycles. The zero-order valence-corrected chi connectivity index (χ0v) is 20.1. The first-order valence-corrected chi connectivity index (χ1v) is 12.5. The fourth-order valence-electron chi connectivity index (χ4n) is 6.28. The van der Waals surface area contributed by atoms with Gasteiger partial charge in [-0.25, -0.2) is 4.79 Å². The molecule has 0 aromatic heterocycles. The smallest absolute Gasteiger partial charge is 0.407 e. The number of hydrogen-bond donors (Lipinski definition) is 2. The summed E-state index contributed by atoms with van der Waals surface area (Å²) >= 11 is 0. The molecule has 7 heteroatoms. The molecule has 1 atom stereocenters. The Balaban J connectivity index is 1.25. The predicted octanol–water partition coefficient (Wildman–Crippen LogP) is 4.41. The molecule has 0 heterocycles. The Morgan fingerprint density at radius 3 is 2.20 bits per heavy atom. The van der Waals surface area contributed by atoms with E-state index in [1.165, 1.54) is 16.0 Å². The van der Waals surface area contributed by atoms with E-state index in [0.29, 0.717) is 19.4 Å². The predicted molar refractivity (Wildman–Crippen MR) is 131 cm³/mol. The van der Waals surface area contributed by atoms with Crippen LogP contribution in [0.2, 0.25) is 0 Å². The number of amides is 2. The van der Waals surface area contributed by atoms with E-state index in [4.69, 9.17) is 4.74 Å². The van der Waals surface area contributed by atoms with Gasteiger partial charge in [-0.1, -0.05) is 61.9 Å². The van der Waals surface area contributed by atoms with Crippen molar-refractivity contribution < 1.29 is 24.2 Å². The monoisotopic (exact) mass is 476 g/mol. The molecule has 7 nitrogen and oxygen atoms in total. The Kier molecular flexibility index (Phi) is 6.03. The van der Waals surface area contributed by atoms with Crippen LogP contribution in [0.3, 0.4) is 0 Å². The largest absolute Gasteiger partial charge is 0.480 e. The highest BCUT2D eigenvalue weighted by atomic mass is 16.5. The second-order valence-corrected chi connectivity index (χ2v) is 10.2. The molecule has 0 aliphatic heterocycles. The number of aliphatic carboxylic acids is 1. The van der Waals surface area contributed by atoms with Gasteiger partial charge in [0, 0.05) is 19.0 Å². The highest BCUT2D eigenvalue weighted by Gasteiger charge is 2.74. The number of ether oxygens (including phenoxy) is 1. The number of nitrogens with zero attached hydrogens (tertiary/aromatic N) is 1. The number of carbonyl (C=O) groups is 3. The fourth-order valence-corrected chi connectivity index (χ4v) is 6.28. The molecule has 3 aliphatic rings. The maximum Gasteiger partial charge on any atom is 0.407 e. The average Bonchev–Trinajstić information content (AvgIpc) is 3.44. The van der Waals surface area contributed by atoms with E-state index in [-0.39, 0.29) is 36.9 Å². The van der Waals surface area contributed by atoms with E-state index in [9.17, 15) is 19.5 Å². The Labute approximate surface area is 205 Å². The molecular weight excluding hydrogens is 444 g/mol. The number of rotatable bonds is 9. The summed E-state index contributed by atoms with van der Waals surface area (Å²) in [6, 6.07) is 16.4. The molecule has 5 rings (SSSR count). The Morgan fingerprint density at radius 2 is 1.69 bits per heavy atom. The van der Waals surface area contributed by atoms with Crippen molar-refractivity contribution >= 4 is 18.0 Å². The van der Waals surface area contributed by atoms with Crippen molar-refractivity contribution in [2.45, 2.75) is 44.9 Å². The second kappa shape index (κ2) is 9.02. The molecule has 1 unspecified atom stereocenters. The normalized spacial score (nSPS) is 20.9. The fraction of sp³-hybridized carbons (Fsp3) is 0.464. The van der Waals surface area contributed by atoms with Gasteiger partial charge in [-0.2, -0.15) is 0 Å². The van der Waals surface area contributed by atoms with Gasteiger partial charge in [-0.3, -0.25) is 9.59 Å². The molecule has 0 bridgehead atoms. The van der Waals surface area contributed by atoms with Gasteiger partial charge in [0.2, 0.25) is 5.91 Å². The first kappa shape index (κ1) is 23.4. The van der Waals surface area contributed by atoms with Crippen LogP contribution in [0.5, 0.6) is 0 Å². The summed E-state index contributed by atoms with van der Waals surface area (Å²) in [6.45, 7) is 2.41. The summed E-state index contributed by atoms with van der Waals surface area (Å²) < 4.78 is 5.67. The number of benzene rings is 2. The molecule has 2 N–H and O–H groups in total. The van der Waals surface area contributed by atoms with Gasteiger partial charge in [0.1, 0.15) is 13.2 Å². The van der Waals surface area contributed by atoms with E-state index in [1.54, 1.807) is 0 Å². The average molecular weight is 477 g/mol. The maximum atomic E-state index is 13.5. The topological polar surface area (TPSA) is 95.9 Å². The lowest BCUT2D eigenvalue weighted by molar-refractivity contribution is -0.148. The molecule has 2 amide bonds. The molecule has 0 radical (unpaired) electrons. The van der Waals surface area contributed by atoms with E-state index in [1.807, 2.05) is 31.2 Å². The third kappa shape index (κ3) is 3.97. The van der Waals surface area contributed by atoms with E-state index in [2.05, 4.69) is 29.6 Å². The van der Waals surface area contributed by atoms with E-state index < -0.39 is 17.5 Å². The van der Waals surface area contributed by atoms with Crippen LogP contribution in [-0.4, -0.2) is 54.2 Å². The van der Waals surface area contributed by atoms with Gasteiger partial charge in [0.25, 0.3) is 0 Å². The van der Waals surface area contributed by atoms with Crippen LogP contribution in [-0.2, 0) is 14.3 Å². The minimum Gasteiger partial charge on any atom is -0.480 e. The van der Waals surface area contributed by atoms with Crippen molar-refractivity contribution in [3.63, 3.8) is 0 Å². The lowest BCUT2D eigenvalue weighted by Crippen LogP contribution is -2.48. The molecule has 2 saturated carbocycles. The van der Waals surface area contributed by atoms with Gasteiger partial charge in [-0.15, -0.1) is 0 Å². The SMILES string of the molecule is CCCN(CC(=O)O)C(=O)C1(CNC(=O)OCC2c3ccccc3-c3ccccc32)CC12CCC2. The first-order chi connectivity index (χ1) is 16.9. The quantitative estimate of drug-likeness (QED) is 0.559. The Bertz CT molecular complexity index is 1110. The maximum absolute atomic E-state index is 13.5. The summed E-state index contributed by atoms with van der Waals surface area (Å²) in [5.74, 6) is -1.20. The molecule has 2 aromatic rings. The highest BCUT2D eigenvalue weighted by Crippen LogP contribution is 2.74. The van der Waals surface area contributed by atoms with Crippen molar-refractivity contribution in [3.05, 3.63) is 59.7 Å². The van der Waals surface area contributed by atoms with Crippen molar-refractivity contribution in [1.82, 2.24) is 10.2 Å². The molecule has 3 aliphatic carbocycles. The van der Waals surface area contributed by atoms with Crippen LogP contribution in [0.1, 0.15) is 56.1 Å². The van der Waals surface area contributed by atoms with E-state index >= 15 is 0 Å². The Hall–Kier alpha value is -3.35. The minimum atomic E-state index is -1.02. The molecule has 35 heavy (non-hydrogen) atoms. The standard InChI is InChI=1S/C28H32N2O5/c1-2-14-30(15-24(31)32)25(33)28(17-27(28)12-7-13-27)18-29-26(34)35-16-23-21-10-5-3-8-19(21)20-9-4-6-11-22(20)23/h3-6,8-11,23H,2,7,12-18H2,1H3,(H,29,34)(H,31,32). The highest BCUT2D eigenvalue weighted by molar-refractivity contribution is 5.90. The molecular formula is C28H32N2O5. The van der Waals surface area contributed by atoms with Gasteiger partial charge < -0.3 is 20.1 Å². The first-order valence-electron chi connectivity index (χ1n) is 12.5. The summed E-state index contributed by atoms with van der Waals surface area (Å²) in [6.07, 6.45) is 3.79. The van der Waals surface area contributed by atoms with Crippen molar-refractivity contribution in [1.29, 1.82) is 0 Å². The van der Waals surface area contributed by atoms with E-state index in [0.717, 1.165) is 30.4 Å². The summed E-state index contributed by atoms with van der Waals surface area (Å²) in [5.41, 5.74) is 3.80. The lowest BCUT2D eigenvalue weighted by atomic mass is 9.74. The van der Waals surface area contributed by atoms with Gasteiger partial charge >= 0.3 is 12.1 Å². The number of fused-ring (bicyclic) bond motifs is 3. The lowest BCUT2D eigenvalue weighted by Gasteiger charge is -2.35. The van der Waals surface area contributed by atoms with Gasteiger partial charge in [0.05, 0.1) is 5.41 Å². The third-order valence-electron chi connectivity index (χ3n) is 8.24. The van der Waals surface area contributed by atoms with Gasteiger partial charge in [-0.05, 0) is 53.4 Å². The zero-order chi connectivity index (χ0) is 24.6. The number of carbonyl (C=O) groups excluding carboxylic acids is 2. The Morgan fingerprint density at radius 1 is 1.06 bits per heavy atom. The minimum absolute atomic E-state index is 0.0294. The number of carboxylic acid groups (broad SMARTS) is 1. The third-order valence-corrected chi connectivity index (χ3v) is 8.24. The second-order valence-electron chi connectivity index (χ2n) is 10.2. The van der Waals surface area contributed by atoms with Crippen LogP contribution in [0.25, 0.3) is 11.1 Å². The van der Waals surface area contributed by atoms with Crippen LogP contribution in [0.15, 0.2) is 48.5 Å². The number of carboxylic acids is 1. The van der Waals surface area contributed by atoms with Crippen molar-refractivity contribution in [2.75, 3.05) is 26.2 Å². The van der Waals surface area contributed by atoms with Crippen LogP contribution in [0.4, 0.5) is 4.79 Å². The molecule has 2 fully saturated rings. The molecule has 1 spiro atoms. The van der Waals surface area contributed by atoms with Crippen molar-refractivity contribution in [3.8, 4) is 11.1 Å². The number of hydrogen-bond acceptors (Lipinski definition) is 4. The number of nitrogens with one attached hydrogen (secondary N) is 1. The van der Waals surface area contributed by atoms with Crippen molar-refractivity contribution in [2.24, 2.45) is 10.8 Å². The van der Waals surface area contributed by atoms with Crippen LogP contribution < -0.4 is 5.32 Å². The van der Waals surface area contributed by atoms with Crippen LogP contribution >= 0.6 is 0 Å². The zero-order valence-electron chi connectivity index (χ0n) is 20.1.